The number of H-pyrrole nitrogens is 1. The van der Waals surface area contributed by atoms with E-state index in [1.54, 1.807) is 0 Å². The van der Waals surface area contributed by atoms with Crippen LogP contribution in [0.1, 0.15) is 19.1 Å². The number of aliphatic hydroxyl groups is 1. The molecule has 43 heavy (non-hydrogen) atoms. The molecule has 2 aromatic rings. The molecule has 0 radical (unpaired) electrons. The molecule has 0 bridgehead atoms. The average Bonchev–Trinajstić information content (AvgIpc) is 3.44. The quantitative estimate of drug-likeness (QED) is 0.0792. The molecule has 1 unspecified atom stereocenters. The van der Waals surface area contributed by atoms with Crippen molar-refractivity contribution >= 4 is 60.4 Å². The van der Waals surface area contributed by atoms with Crippen molar-refractivity contribution in [2.75, 3.05) is 24.6 Å². The first kappa shape index (κ1) is 32.3. The van der Waals surface area contributed by atoms with Crippen LogP contribution in [-0.2, 0) is 37.5 Å². The highest BCUT2D eigenvalue weighted by Crippen LogP contribution is 2.52. The number of phosphoric acid groups is 1. The summed E-state index contributed by atoms with van der Waals surface area (Å²) in [4.78, 5) is 80.0. The smallest absolute Gasteiger partial charge is 0.472 e. The van der Waals surface area contributed by atoms with Gasteiger partial charge in [0.1, 0.15) is 36.9 Å². The Morgan fingerprint density at radius 2 is 1.98 bits per heavy atom. The number of nitrogens with one attached hydrogen (secondary N) is 3. The summed E-state index contributed by atoms with van der Waals surface area (Å²) in [6.45, 7) is -1.20. The third-order valence-electron chi connectivity index (χ3n) is 6.20. The van der Waals surface area contributed by atoms with Gasteiger partial charge in [-0.05, 0) is 6.42 Å². The number of carboxylic acids is 2. The minimum absolute atomic E-state index is 0.0902. The Kier molecular flexibility index (Phi) is 9.71. The second-order valence-corrected chi connectivity index (χ2v) is 11.7. The van der Waals surface area contributed by atoms with E-state index in [-0.39, 0.29) is 40.9 Å². The number of aliphatic carboxylic acids is 2. The number of hydrogen-bond acceptors (Lipinski definition) is 15. The van der Waals surface area contributed by atoms with Gasteiger partial charge in [-0.3, -0.25) is 42.6 Å². The molecule has 21 nitrogen and oxygen atoms in total. The second kappa shape index (κ2) is 12.9. The Morgan fingerprint density at radius 3 is 2.65 bits per heavy atom. The number of rotatable bonds is 12. The van der Waals surface area contributed by atoms with Crippen LogP contribution >= 0.6 is 19.6 Å². The second-order valence-electron chi connectivity index (χ2n) is 9.30. The number of fused-ring (bicyclic) bond motifs is 2. The lowest BCUT2D eigenvalue weighted by molar-refractivity contribution is -0.139. The van der Waals surface area contributed by atoms with Crippen molar-refractivity contribution in [3.8, 4) is 0 Å². The molecule has 2 aromatic heterocycles. The van der Waals surface area contributed by atoms with E-state index in [1.165, 1.54) is 0 Å². The van der Waals surface area contributed by atoms with Crippen LogP contribution in [0.5, 0.6) is 0 Å². The van der Waals surface area contributed by atoms with Crippen LogP contribution in [0, 0.1) is 0 Å². The van der Waals surface area contributed by atoms with Gasteiger partial charge in [-0.1, -0.05) is 11.8 Å². The van der Waals surface area contributed by atoms with Crippen molar-refractivity contribution in [1.29, 1.82) is 0 Å². The largest absolute Gasteiger partial charge is 0.480 e. The zero-order valence-electron chi connectivity index (χ0n) is 21.8. The number of carbonyl (C=O) groups is 4. The molecule has 0 aliphatic carbocycles. The van der Waals surface area contributed by atoms with Gasteiger partial charge in [0, 0.05) is 12.2 Å². The molecule has 2 saturated heterocycles. The predicted octanol–water partition coefficient (Wildman–Crippen LogP) is -3.55. The van der Waals surface area contributed by atoms with Gasteiger partial charge in [-0.25, -0.2) is 9.55 Å². The number of carbonyl (C=O) groups excluding carboxylic acids is 2. The average molecular weight is 651 g/mol. The number of aliphatic hydroxyl groups excluding tert-OH is 1. The number of nitrogens with two attached hydrogens (primary N) is 2. The molecular formula is C20H27N8O13PS. The maximum atomic E-state index is 12.8. The summed E-state index contributed by atoms with van der Waals surface area (Å²) in [6.07, 6.45) is -6.00. The Bertz CT molecular complexity index is 1530. The first-order valence-corrected chi connectivity index (χ1v) is 14.8. The van der Waals surface area contributed by atoms with Crippen LogP contribution in [0.2, 0.25) is 0 Å². The number of ether oxygens (including phenoxy) is 1. The molecule has 0 aromatic carbocycles. The Labute approximate surface area is 243 Å². The third kappa shape index (κ3) is 7.48. The lowest BCUT2D eigenvalue weighted by Gasteiger charge is -2.27. The highest BCUT2D eigenvalue weighted by atomic mass is 32.2. The van der Waals surface area contributed by atoms with E-state index in [2.05, 4.69) is 25.6 Å². The van der Waals surface area contributed by atoms with E-state index < -0.39 is 86.9 Å². The van der Waals surface area contributed by atoms with Crippen molar-refractivity contribution in [1.82, 2.24) is 30.2 Å². The van der Waals surface area contributed by atoms with Crippen molar-refractivity contribution in [3.05, 3.63) is 10.4 Å². The molecular weight excluding hydrogens is 623 g/mol. The Balaban J connectivity index is 1.62. The zero-order chi connectivity index (χ0) is 31.6. The van der Waals surface area contributed by atoms with Crippen LogP contribution in [-0.4, -0.2) is 113 Å². The van der Waals surface area contributed by atoms with Crippen molar-refractivity contribution in [3.63, 3.8) is 0 Å². The van der Waals surface area contributed by atoms with Gasteiger partial charge in [0.05, 0.1) is 6.61 Å². The Hall–Kier alpha value is -3.63. The van der Waals surface area contributed by atoms with E-state index in [4.69, 9.17) is 35.5 Å². The molecule has 2 fully saturated rings. The first-order chi connectivity index (χ1) is 20.2. The summed E-state index contributed by atoms with van der Waals surface area (Å²) in [7, 11) is -4.48. The van der Waals surface area contributed by atoms with Gasteiger partial charge in [-0.15, -0.1) is 0 Å². The zero-order valence-corrected chi connectivity index (χ0v) is 23.5. The SMILES string of the molecule is Nc1nc2c(nc(SC[C@H](NC(=O)CC[C@H](N)C(=O)O)C(=O)NCC(=O)O)n2[C@@H]2O[C@@H]3COP(=O)(O)O[C@H]3[C@H]2O)c(=O)[nH]1. The van der Waals surface area contributed by atoms with Gasteiger partial charge >= 0.3 is 19.8 Å². The standard InChI is InChI=1S/C20H27N8O13PS/c21-6(18(35)36)1-2-9(29)24-7(15(33)23-3-10(30)31)5-43-20-25-11-14(26-19(22)27-16(11)34)28(20)17-12(32)13-8(40-17)4-39-42(37,38)41-13/h6-8,12-13,17,32H,1-5,21H2,(H,23,33)(H,24,29)(H,30,31)(H,35,36)(H,37,38)(H3,22,26,27,34)/t6-,7-,8+,12+,13+,17+/m0/s1. The summed E-state index contributed by atoms with van der Waals surface area (Å²) >= 11 is 0.760. The highest BCUT2D eigenvalue weighted by molar-refractivity contribution is 7.99. The summed E-state index contributed by atoms with van der Waals surface area (Å²) in [5.74, 6) is -5.04. The van der Waals surface area contributed by atoms with E-state index in [1.807, 2.05) is 0 Å². The molecule has 23 heteroatoms. The maximum Gasteiger partial charge on any atom is 0.472 e. The molecule has 4 heterocycles. The number of anilines is 1. The number of aromatic nitrogens is 4. The van der Waals surface area contributed by atoms with E-state index in [9.17, 15) is 38.5 Å². The van der Waals surface area contributed by atoms with Gasteiger partial charge in [0.2, 0.25) is 17.8 Å². The molecule has 0 saturated carbocycles. The van der Waals surface area contributed by atoms with E-state index in [0.717, 1.165) is 16.3 Å². The number of phosphoric ester groups is 1. The summed E-state index contributed by atoms with van der Waals surface area (Å²) in [5.41, 5.74) is 9.92. The molecule has 2 aliphatic heterocycles. The minimum atomic E-state index is -4.48. The van der Waals surface area contributed by atoms with Crippen LogP contribution in [0.4, 0.5) is 5.95 Å². The minimum Gasteiger partial charge on any atom is -0.480 e. The van der Waals surface area contributed by atoms with E-state index >= 15 is 0 Å². The monoisotopic (exact) mass is 650 g/mol. The molecule has 2 amide bonds. The number of nitrogens with zero attached hydrogens (tertiary/aromatic N) is 3. The van der Waals surface area contributed by atoms with Crippen LogP contribution in [0.15, 0.2) is 9.95 Å². The molecule has 7 atom stereocenters. The topological polar surface area (TPSA) is 334 Å². The summed E-state index contributed by atoms with van der Waals surface area (Å²) < 4.78 is 28.6. The number of nitrogen functional groups attached to an aromatic ring is 1. The van der Waals surface area contributed by atoms with Gasteiger partial charge in [0.25, 0.3) is 5.56 Å². The van der Waals surface area contributed by atoms with Crippen LogP contribution in [0.3, 0.4) is 0 Å². The maximum absolute atomic E-state index is 12.8. The number of amides is 2. The number of imidazole rings is 1. The fraction of sp³-hybridized carbons (Fsp3) is 0.550. The number of aromatic amines is 1. The van der Waals surface area contributed by atoms with Gasteiger partial charge in [-0.2, -0.15) is 4.98 Å². The third-order valence-corrected chi connectivity index (χ3v) is 8.23. The van der Waals surface area contributed by atoms with Crippen molar-refractivity contribution in [2.24, 2.45) is 5.73 Å². The first-order valence-electron chi connectivity index (χ1n) is 12.3. The number of hydrogen-bond donors (Lipinski definition) is 9. The summed E-state index contributed by atoms with van der Waals surface area (Å²) in [5, 5.41) is 33.3. The molecule has 236 valence electrons. The molecule has 11 N–H and O–H groups in total. The lowest BCUT2D eigenvalue weighted by atomic mass is 10.1. The highest BCUT2D eigenvalue weighted by Gasteiger charge is 2.53. The molecule has 2 aliphatic rings. The van der Waals surface area contributed by atoms with E-state index in [0.29, 0.717) is 0 Å². The lowest BCUT2D eigenvalue weighted by Crippen LogP contribution is -2.49. The fourth-order valence-corrected chi connectivity index (χ4v) is 6.16. The van der Waals surface area contributed by atoms with Crippen molar-refractivity contribution < 1.29 is 57.7 Å². The molecule has 0 spiro atoms. The fourth-order valence-electron chi connectivity index (χ4n) is 4.16. The van der Waals surface area contributed by atoms with Gasteiger partial charge < -0.3 is 47.1 Å². The van der Waals surface area contributed by atoms with Gasteiger partial charge in [0.15, 0.2) is 22.5 Å². The number of carboxylic acid groups (broad SMARTS) is 2. The van der Waals surface area contributed by atoms with Crippen LogP contribution in [0.25, 0.3) is 11.2 Å². The van der Waals surface area contributed by atoms with Crippen molar-refractivity contribution in [2.45, 2.75) is 54.6 Å². The number of thioether (sulfide) groups is 1. The summed E-state index contributed by atoms with van der Waals surface area (Å²) in [6, 6.07) is -2.75. The Morgan fingerprint density at radius 1 is 1.26 bits per heavy atom. The van der Waals surface area contributed by atoms with Crippen LogP contribution < -0.4 is 27.7 Å². The molecule has 4 rings (SSSR count). The normalized spacial score (nSPS) is 26.4. The predicted molar refractivity (Wildman–Crippen MR) is 141 cm³/mol.